The predicted octanol–water partition coefficient (Wildman–Crippen LogP) is 2.23. The minimum absolute atomic E-state index is 0.0537. The number of ether oxygens (including phenoxy) is 1. The Balaban J connectivity index is 1.58. The van der Waals surface area contributed by atoms with Crippen LogP contribution in [0.5, 0.6) is 5.75 Å². The second-order valence-corrected chi connectivity index (χ2v) is 6.97. The van der Waals surface area contributed by atoms with Crippen LogP contribution in [-0.4, -0.2) is 42.5 Å². The summed E-state index contributed by atoms with van der Waals surface area (Å²) in [6.45, 7) is 4.56. The molecule has 0 radical (unpaired) electrons. The summed E-state index contributed by atoms with van der Waals surface area (Å²) in [6, 6.07) is 13.3. The van der Waals surface area contributed by atoms with Crippen molar-refractivity contribution >= 4 is 11.8 Å². The number of nitrogens with one attached hydrogen (secondary N) is 2. The van der Waals surface area contributed by atoms with E-state index >= 15 is 0 Å². The molecule has 1 unspecified atom stereocenters. The molecule has 2 aromatic carbocycles. The number of hydrogen-bond donors (Lipinski definition) is 2. The molecule has 1 aliphatic heterocycles. The summed E-state index contributed by atoms with van der Waals surface area (Å²) < 4.78 is 18.7. The van der Waals surface area contributed by atoms with Crippen LogP contribution in [0.2, 0.25) is 0 Å². The van der Waals surface area contributed by atoms with Gasteiger partial charge in [0.1, 0.15) is 11.6 Å². The summed E-state index contributed by atoms with van der Waals surface area (Å²) >= 11 is 0. The largest absolute Gasteiger partial charge is 0.494 e. The molecule has 2 N–H and O–H groups in total. The monoisotopic (exact) mass is 399 g/mol. The maximum absolute atomic E-state index is 13.3. The van der Waals surface area contributed by atoms with Crippen molar-refractivity contribution in [3.8, 4) is 5.75 Å². The maximum Gasteiger partial charge on any atom is 0.237 e. The zero-order chi connectivity index (χ0) is 20.6. The first-order valence-electron chi connectivity index (χ1n) is 9.80. The first-order chi connectivity index (χ1) is 14.0. The highest BCUT2D eigenvalue weighted by atomic mass is 19.1. The predicted molar refractivity (Wildman–Crippen MR) is 108 cm³/mol. The van der Waals surface area contributed by atoms with Crippen molar-refractivity contribution in [1.82, 2.24) is 15.5 Å². The van der Waals surface area contributed by atoms with Crippen molar-refractivity contribution in [2.24, 2.45) is 0 Å². The fourth-order valence-corrected chi connectivity index (χ4v) is 3.36. The van der Waals surface area contributed by atoms with Gasteiger partial charge in [-0.15, -0.1) is 0 Å². The quantitative estimate of drug-likeness (QED) is 0.714. The standard InChI is InChI=1S/C22H26FN3O3/c1-2-29-19-8-6-16(7-9-19)15-26-11-10-24-22(28)20(26)13-21(27)25-14-17-4-3-5-18(23)12-17/h3-9,12,20H,2,10-11,13-15H2,1H3,(H,24,28)(H,25,27). The number of halogens is 1. The van der Waals surface area contributed by atoms with Gasteiger partial charge in [-0.1, -0.05) is 24.3 Å². The van der Waals surface area contributed by atoms with Crippen molar-refractivity contribution < 1.29 is 18.7 Å². The van der Waals surface area contributed by atoms with Gasteiger partial charge in [0.05, 0.1) is 19.1 Å². The van der Waals surface area contributed by atoms with Gasteiger partial charge in [-0.2, -0.15) is 0 Å². The van der Waals surface area contributed by atoms with E-state index in [9.17, 15) is 14.0 Å². The smallest absolute Gasteiger partial charge is 0.237 e. The Bertz CT molecular complexity index is 841. The van der Waals surface area contributed by atoms with Crippen LogP contribution in [0.1, 0.15) is 24.5 Å². The minimum atomic E-state index is -0.539. The molecule has 2 aromatic rings. The SMILES string of the molecule is CCOc1ccc(CN2CCNC(=O)C2CC(=O)NCc2cccc(F)c2)cc1. The Hall–Kier alpha value is -2.93. The van der Waals surface area contributed by atoms with Gasteiger partial charge < -0.3 is 15.4 Å². The molecule has 0 saturated carbocycles. The lowest BCUT2D eigenvalue weighted by Gasteiger charge is -2.34. The zero-order valence-electron chi connectivity index (χ0n) is 16.5. The van der Waals surface area contributed by atoms with Crippen LogP contribution in [0.15, 0.2) is 48.5 Å². The van der Waals surface area contributed by atoms with E-state index in [2.05, 4.69) is 10.6 Å². The Morgan fingerprint density at radius 3 is 2.76 bits per heavy atom. The molecule has 29 heavy (non-hydrogen) atoms. The third-order valence-electron chi connectivity index (χ3n) is 4.82. The summed E-state index contributed by atoms with van der Waals surface area (Å²) in [5.74, 6) is 0.0712. The molecule has 0 bridgehead atoms. The number of piperazine rings is 1. The molecule has 0 aromatic heterocycles. The van der Waals surface area contributed by atoms with Gasteiger partial charge in [0.25, 0.3) is 0 Å². The molecule has 1 heterocycles. The van der Waals surface area contributed by atoms with Gasteiger partial charge in [0.2, 0.25) is 11.8 Å². The summed E-state index contributed by atoms with van der Waals surface area (Å²) in [7, 11) is 0. The maximum atomic E-state index is 13.3. The highest BCUT2D eigenvalue weighted by Gasteiger charge is 2.31. The van der Waals surface area contributed by atoms with Crippen LogP contribution in [0.4, 0.5) is 4.39 Å². The molecule has 154 valence electrons. The minimum Gasteiger partial charge on any atom is -0.494 e. The molecular formula is C22H26FN3O3. The van der Waals surface area contributed by atoms with Crippen LogP contribution < -0.4 is 15.4 Å². The van der Waals surface area contributed by atoms with Gasteiger partial charge in [-0.3, -0.25) is 14.5 Å². The van der Waals surface area contributed by atoms with E-state index < -0.39 is 6.04 Å². The number of benzene rings is 2. The number of amides is 2. The van der Waals surface area contributed by atoms with E-state index in [1.165, 1.54) is 12.1 Å². The zero-order valence-corrected chi connectivity index (χ0v) is 16.5. The number of nitrogens with zero attached hydrogens (tertiary/aromatic N) is 1. The third kappa shape index (κ3) is 6.02. The normalized spacial score (nSPS) is 16.9. The molecule has 0 aliphatic carbocycles. The average Bonchev–Trinajstić information content (AvgIpc) is 2.71. The van der Waals surface area contributed by atoms with Crippen LogP contribution in [0.25, 0.3) is 0 Å². The third-order valence-corrected chi connectivity index (χ3v) is 4.82. The molecular weight excluding hydrogens is 373 g/mol. The molecule has 1 aliphatic rings. The highest BCUT2D eigenvalue weighted by molar-refractivity contribution is 5.88. The fourth-order valence-electron chi connectivity index (χ4n) is 3.36. The molecule has 3 rings (SSSR count). The molecule has 1 saturated heterocycles. The van der Waals surface area contributed by atoms with E-state index in [0.29, 0.717) is 31.8 Å². The fraction of sp³-hybridized carbons (Fsp3) is 0.364. The Kier molecular flexibility index (Phi) is 7.19. The first kappa shape index (κ1) is 20.8. The molecule has 2 amide bonds. The van der Waals surface area contributed by atoms with Gasteiger partial charge >= 0.3 is 0 Å². The topological polar surface area (TPSA) is 70.7 Å². The number of carbonyl (C=O) groups is 2. The van der Waals surface area contributed by atoms with E-state index in [1.807, 2.05) is 36.1 Å². The van der Waals surface area contributed by atoms with Crippen molar-refractivity contribution in [2.75, 3.05) is 19.7 Å². The number of rotatable bonds is 8. The summed E-state index contributed by atoms with van der Waals surface area (Å²) in [4.78, 5) is 26.8. The van der Waals surface area contributed by atoms with Crippen LogP contribution in [0.3, 0.4) is 0 Å². The van der Waals surface area contributed by atoms with Crippen molar-refractivity contribution in [3.63, 3.8) is 0 Å². The highest BCUT2D eigenvalue weighted by Crippen LogP contribution is 2.17. The summed E-state index contributed by atoms with van der Waals surface area (Å²) in [6.07, 6.45) is 0.0537. The lowest BCUT2D eigenvalue weighted by molar-refractivity contribution is -0.134. The van der Waals surface area contributed by atoms with Gasteiger partial charge in [0.15, 0.2) is 0 Å². The number of hydrogen-bond acceptors (Lipinski definition) is 4. The van der Waals surface area contributed by atoms with E-state index in [-0.39, 0.29) is 30.6 Å². The summed E-state index contributed by atoms with van der Waals surface area (Å²) in [5, 5.41) is 5.60. The Morgan fingerprint density at radius 2 is 2.03 bits per heavy atom. The van der Waals surface area contributed by atoms with Crippen molar-refractivity contribution in [3.05, 3.63) is 65.5 Å². The van der Waals surface area contributed by atoms with E-state index in [1.54, 1.807) is 12.1 Å². The van der Waals surface area contributed by atoms with Gasteiger partial charge in [0, 0.05) is 26.2 Å². The lowest BCUT2D eigenvalue weighted by atomic mass is 10.1. The van der Waals surface area contributed by atoms with Gasteiger partial charge in [-0.25, -0.2) is 4.39 Å². The molecule has 6 nitrogen and oxygen atoms in total. The molecule has 1 atom stereocenters. The van der Waals surface area contributed by atoms with Crippen LogP contribution in [-0.2, 0) is 22.7 Å². The second kappa shape index (κ2) is 10.0. The van der Waals surface area contributed by atoms with Crippen molar-refractivity contribution in [1.29, 1.82) is 0 Å². The first-order valence-corrected chi connectivity index (χ1v) is 9.80. The average molecular weight is 399 g/mol. The van der Waals surface area contributed by atoms with Crippen molar-refractivity contribution in [2.45, 2.75) is 32.5 Å². The molecule has 0 spiro atoms. The number of carbonyl (C=O) groups excluding carboxylic acids is 2. The summed E-state index contributed by atoms with van der Waals surface area (Å²) in [5.41, 5.74) is 1.73. The lowest BCUT2D eigenvalue weighted by Crippen LogP contribution is -2.56. The Labute approximate surface area is 170 Å². The van der Waals surface area contributed by atoms with E-state index in [0.717, 1.165) is 11.3 Å². The van der Waals surface area contributed by atoms with Gasteiger partial charge in [-0.05, 0) is 42.3 Å². The second-order valence-electron chi connectivity index (χ2n) is 6.97. The van der Waals surface area contributed by atoms with Crippen LogP contribution in [0, 0.1) is 5.82 Å². The van der Waals surface area contributed by atoms with Crippen LogP contribution >= 0.6 is 0 Å². The Morgan fingerprint density at radius 1 is 1.24 bits per heavy atom. The molecule has 7 heteroatoms. The van der Waals surface area contributed by atoms with E-state index in [4.69, 9.17) is 4.74 Å². The molecule has 1 fully saturated rings.